The van der Waals surface area contributed by atoms with Crippen LogP contribution in [0.2, 0.25) is 5.02 Å². The fourth-order valence-corrected chi connectivity index (χ4v) is 6.81. The number of amides is 2. The Bertz CT molecular complexity index is 1510. The van der Waals surface area contributed by atoms with Gasteiger partial charge < -0.3 is 19.7 Å². The molecule has 3 aromatic carbocycles. The lowest BCUT2D eigenvalue weighted by Crippen LogP contribution is -2.53. The summed E-state index contributed by atoms with van der Waals surface area (Å²) in [6.45, 7) is 1.12. The highest BCUT2D eigenvalue weighted by molar-refractivity contribution is 7.92. The first-order valence-electron chi connectivity index (χ1n) is 14.3. The van der Waals surface area contributed by atoms with Gasteiger partial charge in [-0.05, 0) is 67.8 Å². The molecular weight excluding hydrogens is 590 g/mol. The van der Waals surface area contributed by atoms with E-state index in [1.165, 1.54) is 30.2 Å². The number of carbonyl (C=O) groups excluding carboxylic acids is 2. The molecule has 3 aromatic rings. The average Bonchev–Trinajstić information content (AvgIpc) is 3.03. The second-order valence-electron chi connectivity index (χ2n) is 10.5. The van der Waals surface area contributed by atoms with E-state index in [4.69, 9.17) is 21.1 Å². The van der Waals surface area contributed by atoms with Crippen LogP contribution in [0.1, 0.15) is 44.6 Å². The fourth-order valence-electron chi connectivity index (χ4n) is 5.21. The van der Waals surface area contributed by atoms with Crippen molar-refractivity contribution in [2.45, 2.75) is 62.6 Å². The summed E-state index contributed by atoms with van der Waals surface area (Å²) >= 11 is 6.30. The largest absolute Gasteiger partial charge is 0.497 e. The van der Waals surface area contributed by atoms with E-state index >= 15 is 0 Å². The molecule has 1 fully saturated rings. The van der Waals surface area contributed by atoms with Gasteiger partial charge in [-0.25, -0.2) is 8.42 Å². The number of methoxy groups -OCH3 is 2. The Morgan fingerprint density at radius 1 is 0.953 bits per heavy atom. The van der Waals surface area contributed by atoms with Crippen LogP contribution in [0, 0.1) is 0 Å². The third-order valence-electron chi connectivity index (χ3n) is 7.63. The Balaban J connectivity index is 1.73. The number of carbonyl (C=O) groups is 2. The summed E-state index contributed by atoms with van der Waals surface area (Å²) in [4.78, 5) is 29.1. The van der Waals surface area contributed by atoms with Gasteiger partial charge in [-0.1, -0.05) is 61.2 Å². The zero-order valence-electron chi connectivity index (χ0n) is 24.7. The maximum absolute atomic E-state index is 14.2. The monoisotopic (exact) mass is 627 g/mol. The molecule has 1 saturated carbocycles. The smallest absolute Gasteiger partial charge is 0.264 e. The molecule has 0 spiro atoms. The van der Waals surface area contributed by atoms with Gasteiger partial charge in [0.1, 0.15) is 24.1 Å². The molecule has 1 aliphatic carbocycles. The molecule has 230 valence electrons. The SMILES string of the molecule is COc1cccc(CN(C(=O)CN(c2cc(Cl)ccc2OC)S(=O)(=O)c2ccccc2)[C@@H](C)C(=O)NC2CCCCC2)c1. The highest BCUT2D eigenvalue weighted by Crippen LogP contribution is 2.35. The number of halogens is 1. The summed E-state index contributed by atoms with van der Waals surface area (Å²) < 4.78 is 39.9. The van der Waals surface area contributed by atoms with Gasteiger partial charge in [0.25, 0.3) is 10.0 Å². The Morgan fingerprint density at radius 2 is 1.67 bits per heavy atom. The van der Waals surface area contributed by atoms with Crippen LogP contribution in [0.3, 0.4) is 0 Å². The predicted octanol–water partition coefficient (Wildman–Crippen LogP) is 5.42. The van der Waals surface area contributed by atoms with Crippen molar-refractivity contribution in [3.63, 3.8) is 0 Å². The lowest BCUT2D eigenvalue weighted by atomic mass is 9.95. The molecule has 11 heteroatoms. The number of sulfonamides is 1. The van der Waals surface area contributed by atoms with E-state index in [1.807, 2.05) is 6.07 Å². The van der Waals surface area contributed by atoms with Crippen LogP contribution < -0.4 is 19.1 Å². The zero-order chi connectivity index (χ0) is 31.0. The zero-order valence-corrected chi connectivity index (χ0v) is 26.2. The van der Waals surface area contributed by atoms with Crippen LogP contribution in [0.25, 0.3) is 0 Å². The van der Waals surface area contributed by atoms with Gasteiger partial charge >= 0.3 is 0 Å². The van der Waals surface area contributed by atoms with Crippen molar-refractivity contribution in [3.05, 3.63) is 83.4 Å². The second kappa shape index (κ2) is 14.6. The molecule has 0 radical (unpaired) electrons. The molecule has 1 aliphatic rings. The molecular formula is C32H38ClN3O6S. The van der Waals surface area contributed by atoms with Crippen LogP contribution in [-0.2, 0) is 26.2 Å². The number of hydrogen-bond acceptors (Lipinski definition) is 6. The van der Waals surface area contributed by atoms with Crippen molar-refractivity contribution < 1.29 is 27.5 Å². The van der Waals surface area contributed by atoms with Crippen molar-refractivity contribution in [2.75, 3.05) is 25.1 Å². The lowest BCUT2D eigenvalue weighted by Gasteiger charge is -2.33. The number of benzene rings is 3. The predicted molar refractivity (Wildman–Crippen MR) is 167 cm³/mol. The normalized spacial score (nSPS) is 14.4. The topological polar surface area (TPSA) is 105 Å². The molecule has 0 aromatic heterocycles. The molecule has 43 heavy (non-hydrogen) atoms. The standard InChI is InChI=1S/C32H38ClN3O6S/c1-23(32(38)34-26-12-6-4-7-13-26)35(21-24-11-10-14-27(19-24)41-2)31(37)22-36(29-20-25(33)17-18-30(29)42-3)43(39,40)28-15-8-5-9-16-28/h5,8-11,14-20,23,26H,4,6-7,12-13,21-22H2,1-3H3,(H,34,38)/t23-/m0/s1. The van der Waals surface area contributed by atoms with Crippen molar-refractivity contribution in [2.24, 2.45) is 0 Å². The minimum absolute atomic E-state index is 0.00716. The number of ether oxygens (including phenoxy) is 2. The summed E-state index contributed by atoms with van der Waals surface area (Å²) in [7, 11) is -1.30. The Labute approximate surface area is 258 Å². The molecule has 0 heterocycles. The van der Waals surface area contributed by atoms with Crippen molar-refractivity contribution in [1.82, 2.24) is 10.2 Å². The summed E-state index contributed by atoms with van der Waals surface area (Å²) in [5, 5.41) is 3.37. The third-order valence-corrected chi connectivity index (χ3v) is 9.63. The summed E-state index contributed by atoms with van der Waals surface area (Å²) in [6.07, 6.45) is 5.00. The van der Waals surface area contributed by atoms with Gasteiger partial charge in [-0.2, -0.15) is 0 Å². The first-order chi connectivity index (χ1) is 20.6. The van der Waals surface area contributed by atoms with E-state index in [-0.39, 0.29) is 39.8 Å². The van der Waals surface area contributed by atoms with Gasteiger partial charge in [0.05, 0.1) is 24.8 Å². The number of nitrogens with one attached hydrogen (secondary N) is 1. The van der Waals surface area contributed by atoms with E-state index in [0.717, 1.165) is 42.0 Å². The van der Waals surface area contributed by atoms with Crippen LogP contribution in [-0.4, -0.2) is 58.0 Å². The van der Waals surface area contributed by atoms with Gasteiger partial charge in [-0.15, -0.1) is 0 Å². The third kappa shape index (κ3) is 8.00. The van der Waals surface area contributed by atoms with Crippen molar-refractivity contribution >= 4 is 39.1 Å². The Hall–Kier alpha value is -3.76. The second-order valence-corrected chi connectivity index (χ2v) is 12.8. The number of hydrogen-bond donors (Lipinski definition) is 1. The lowest BCUT2D eigenvalue weighted by molar-refractivity contribution is -0.139. The van der Waals surface area contributed by atoms with Gasteiger partial charge in [-0.3, -0.25) is 13.9 Å². The molecule has 1 N–H and O–H groups in total. The van der Waals surface area contributed by atoms with Crippen molar-refractivity contribution in [3.8, 4) is 11.5 Å². The molecule has 4 rings (SSSR count). The summed E-state index contributed by atoms with van der Waals surface area (Å²) in [5.74, 6) is -0.0445. The van der Waals surface area contributed by atoms with E-state index < -0.39 is 28.5 Å². The molecule has 1 atom stereocenters. The van der Waals surface area contributed by atoms with Gasteiger partial charge in [0.2, 0.25) is 11.8 Å². The van der Waals surface area contributed by atoms with Crippen LogP contribution in [0.15, 0.2) is 77.7 Å². The Morgan fingerprint density at radius 3 is 2.35 bits per heavy atom. The highest BCUT2D eigenvalue weighted by atomic mass is 35.5. The van der Waals surface area contributed by atoms with E-state index in [0.29, 0.717) is 5.75 Å². The van der Waals surface area contributed by atoms with Crippen LogP contribution in [0.4, 0.5) is 5.69 Å². The fraction of sp³-hybridized carbons (Fsp3) is 0.375. The van der Waals surface area contributed by atoms with E-state index in [1.54, 1.807) is 62.6 Å². The maximum Gasteiger partial charge on any atom is 0.264 e. The van der Waals surface area contributed by atoms with Gasteiger partial charge in [0, 0.05) is 17.6 Å². The average molecular weight is 628 g/mol. The molecule has 0 bridgehead atoms. The number of rotatable bonds is 12. The molecule has 0 saturated heterocycles. The maximum atomic E-state index is 14.2. The minimum atomic E-state index is -4.26. The van der Waals surface area contributed by atoms with Crippen LogP contribution in [0.5, 0.6) is 11.5 Å². The highest BCUT2D eigenvalue weighted by Gasteiger charge is 2.34. The van der Waals surface area contributed by atoms with Gasteiger partial charge in [0.15, 0.2) is 0 Å². The molecule has 0 unspecified atom stereocenters. The Kier molecular flexibility index (Phi) is 10.9. The quantitative estimate of drug-likeness (QED) is 0.288. The van der Waals surface area contributed by atoms with E-state index in [2.05, 4.69) is 5.32 Å². The first kappa shape index (κ1) is 32.2. The first-order valence-corrected chi connectivity index (χ1v) is 16.1. The summed E-state index contributed by atoms with van der Waals surface area (Å²) in [5.41, 5.74) is 0.829. The molecule has 9 nitrogen and oxygen atoms in total. The molecule has 2 amide bonds. The summed E-state index contributed by atoms with van der Waals surface area (Å²) in [6, 6.07) is 18.7. The number of anilines is 1. The molecule has 0 aliphatic heterocycles. The number of nitrogens with zero attached hydrogens (tertiary/aromatic N) is 2. The van der Waals surface area contributed by atoms with E-state index in [9.17, 15) is 18.0 Å². The minimum Gasteiger partial charge on any atom is -0.497 e. The van der Waals surface area contributed by atoms with Crippen LogP contribution >= 0.6 is 11.6 Å². The van der Waals surface area contributed by atoms with Crippen molar-refractivity contribution in [1.29, 1.82) is 0 Å².